The van der Waals surface area contributed by atoms with Gasteiger partial charge in [-0.3, -0.25) is 4.98 Å². The van der Waals surface area contributed by atoms with Crippen LogP contribution in [-0.2, 0) is 6.18 Å². The number of alkyl halides is 3. The zero-order valence-corrected chi connectivity index (χ0v) is 13.6. The van der Waals surface area contributed by atoms with Crippen molar-refractivity contribution in [1.82, 2.24) is 4.98 Å². The van der Waals surface area contributed by atoms with Crippen molar-refractivity contribution in [3.8, 4) is 11.3 Å². The largest absolute Gasteiger partial charge is 0.478 e. The summed E-state index contributed by atoms with van der Waals surface area (Å²) < 4.78 is 51.6. The van der Waals surface area contributed by atoms with Gasteiger partial charge < -0.3 is 10.4 Å². The molecule has 0 atom stereocenters. The standard InChI is InChI=1S/C19H12F4N2O2/c20-13-7-8-24-17(10-13)15-9-11(18(26)27)1-6-16(15)25-14-4-2-12(3-5-14)19(21,22)23/h1-10,25H,(H,26,27). The van der Waals surface area contributed by atoms with E-state index >= 15 is 0 Å². The number of nitrogens with one attached hydrogen (secondary N) is 1. The van der Waals surface area contributed by atoms with Crippen LogP contribution in [0.2, 0.25) is 0 Å². The first-order chi connectivity index (χ1) is 12.7. The number of halogens is 4. The molecule has 0 amide bonds. The number of benzene rings is 2. The predicted octanol–water partition coefficient (Wildman–Crippen LogP) is 5.35. The van der Waals surface area contributed by atoms with E-state index in [4.69, 9.17) is 0 Å². The van der Waals surface area contributed by atoms with Gasteiger partial charge in [-0.15, -0.1) is 0 Å². The minimum absolute atomic E-state index is 0.0333. The Hall–Kier alpha value is -3.42. The molecule has 0 saturated carbocycles. The summed E-state index contributed by atoms with van der Waals surface area (Å²) in [5.41, 5.74) is 0.388. The van der Waals surface area contributed by atoms with Crippen LogP contribution in [0.4, 0.5) is 28.9 Å². The Morgan fingerprint density at radius 2 is 1.70 bits per heavy atom. The fourth-order valence-corrected chi connectivity index (χ4v) is 2.45. The van der Waals surface area contributed by atoms with Crippen LogP contribution in [0, 0.1) is 5.82 Å². The van der Waals surface area contributed by atoms with Crippen molar-refractivity contribution in [1.29, 1.82) is 0 Å². The van der Waals surface area contributed by atoms with Crippen LogP contribution >= 0.6 is 0 Å². The lowest BCUT2D eigenvalue weighted by molar-refractivity contribution is -0.137. The molecule has 0 radical (unpaired) electrons. The number of carbonyl (C=O) groups is 1. The van der Waals surface area contributed by atoms with E-state index in [1.165, 1.54) is 36.5 Å². The van der Waals surface area contributed by atoms with Crippen molar-refractivity contribution in [2.45, 2.75) is 6.18 Å². The lowest BCUT2D eigenvalue weighted by Crippen LogP contribution is -2.04. The summed E-state index contributed by atoms with van der Waals surface area (Å²) in [6.07, 6.45) is -3.21. The fraction of sp³-hybridized carbons (Fsp3) is 0.0526. The molecule has 0 aliphatic carbocycles. The molecule has 0 aliphatic rings. The van der Waals surface area contributed by atoms with Gasteiger partial charge >= 0.3 is 12.1 Å². The van der Waals surface area contributed by atoms with E-state index in [1.807, 2.05) is 0 Å². The molecule has 3 rings (SSSR count). The molecule has 0 aliphatic heterocycles. The molecule has 0 saturated heterocycles. The van der Waals surface area contributed by atoms with Crippen LogP contribution in [0.5, 0.6) is 0 Å². The number of aromatic nitrogens is 1. The van der Waals surface area contributed by atoms with Gasteiger partial charge in [-0.1, -0.05) is 0 Å². The summed E-state index contributed by atoms with van der Waals surface area (Å²) >= 11 is 0. The second-order valence-corrected chi connectivity index (χ2v) is 5.62. The maximum absolute atomic E-state index is 13.5. The molecule has 0 fully saturated rings. The lowest BCUT2D eigenvalue weighted by Gasteiger charge is -2.14. The van der Waals surface area contributed by atoms with Crippen molar-refractivity contribution in [2.24, 2.45) is 0 Å². The molecule has 0 unspecified atom stereocenters. The highest BCUT2D eigenvalue weighted by Gasteiger charge is 2.29. The monoisotopic (exact) mass is 376 g/mol. The van der Waals surface area contributed by atoms with Gasteiger partial charge in [0.25, 0.3) is 0 Å². The van der Waals surface area contributed by atoms with Gasteiger partial charge in [-0.2, -0.15) is 13.2 Å². The van der Waals surface area contributed by atoms with Gasteiger partial charge in [0, 0.05) is 29.2 Å². The minimum atomic E-state index is -4.45. The zero-order valence-electron chi connectivity index (χ0n) is 13.6. The van der Waals surface area contributed by atoms with Crippen LogP contribution in [0.25, 0.3) is 11.3 Å². The van der Waals surface area contributed by atoms with E-state index in [9.17, 15) is 27.5 Å². The third kappa shape index (κ3) is 4.22. The number of carboxylic acid groups (broad SMARTS) is 1. The van der Waals surface area contributed by atoms with Crippen molar-refractivity contribution < 1.29 is 27.5 Å². The molecule has 27 heavy (non-hydrogen) atoms. The SMILES string of the molecule is O=C(O)c1ccc(Nc2ccc(C(F)(F)F)cc2)c(-c2cc(F)ccn2)c1. The topological polar surface area (TPSA) is 62.2 Å². The molecule has 1 aromatic heterocycles. The Morgan fingerprint density at radius 3 is 2.30 bits per heavy atom. The normalized spacial score (nSPS) is 11.3. The molecule has 0 spiro atoms. The number of rotatable bonds is 4. The summed E-state index contributed by atoms with van der Waals surface area (Å²) in [6, 6.07) is 10.7. The third-order valence-electron chi connectivity index (χ3n) is 3.76. The number of carboxylic acids is 1. The Balaban J connectivity index is 2.01. The van der Waals surface area contributed by atoms with Crippen molar-refractivity contribution >= 4 is 17.3 Å². The first-order valence-corrected chi connectivity index (χ1v) is 7.67. The molecule has 0 bridgehead atoms. The van der Waals surface area contributed by atoms with E-state index in [2.05, 4.69) is 10.3 Å². The molecule has 4 nitrogen and oxygen atoms in total. The minimum Gasteiger partial charge on any atom is -0.478 e. The second kappa shape index (κ2) is 7.06. The first kappa shape index (κ1) is 18.4. The maximum Gasteiger partial charge on any atom is 0.416 e. The number of nitrogens with zero attached hydrogens (tertiary/aromatic N) is 1. The third-order valence-corrected chi connectivity index (χ3v) is 3.76. The van der Waals surface area contributed by atoms with Crippen LogP contribution < -0.4 is 5.32 Å². The lowest BCUT2D eigenvalue weighted by atomic mass is 10.0. The predicted molar refractivity (Wildman–Crippen MR) is 91.3 cm³/mol. The average Bonchev–Trinajstić information content (AvgIpc) is 2.61. The smallest absolute Gasteiger partial charge is 0.416 e. The quantitative estimate of drug-likeness (QED) is 0.603. The Bertz CT molecular complexity index is 986. The summed E-state index contributed by atoms with van der Waals surface area (Å²) in [6.45, 7) is 0. The van der Waals surface area contributed by atoms with Crippen molar-refractivity contribution in [2.75, 3.05) is 5.32 Å². The van der Waals surface area contributed by atoms with E-state index in [-0.39, 0.29) is 11.3 Å². The average molecular weight is 376 g/mol. The van der Waals surface area contributed by atoms with E-state index in [0.29, 0.717) is 16.9 Å². The Morgan fingerprint density at radius 1 is 1.00 bits per heavy atom. The summed E-state index contributed by atoms with van der Waals surface area (Å²) in [5, 5.41) is 12.1. The van der Waals surface area contributed by atoms with Gasteiger partial charge in [0.2, 0.25) is 0 Å². The maximum atomic E-state index is 13.5. The van der Waals surface area contributed by atoms with Gasteiger partial charge in [0.1, 0.15) is 5.82 Å². The summed E-state index contributed by atoms with van der Waals surface area (Å²) in [4.78, 5) is 15.3. The molecule has 2 aromatic carbocycles. The molecule has 138 valence electrons. The van der Waals surface area contributed by atoms with Crippen LogP contribution in [0.15, 0.2) is 60.8 Å². The fourth-order valence-electron chi connectivity index (χ4n) is 2.45. The number of pyridine rings is 1. The zero-order chi connectivity index (χ0) is 19.6. The van der Waals surface area contributed by atoms with Crippen LogP contribution in [0.3, 0.4) is 0 Å². The first-order valence-electron chi connectivity index (χ1n) is 7.67. The van der Waals surface area contributed by atoms with Gasteiger partial charge in [-0.25, -0.2) is 9.18 Å². The van der Waals surface area contributed by atoms with Crippen molar-refractivity contribution in [3.05, 3.63) is 77.7 Å². The van der Waals surface area contributed by atoms with E-state index < -0.39 is 23.5 Å². The Kier molecular flexibility index (Phi) is 4.81. The highest BCUT2D eigenvalue weighted by Crippen LogP contribution is 2.33. The number of aromatic carboxylic acids is 1. The molecule has 3 aromatic rings. The van der Waals surface area contributed by atoms with E-state index in [1.54, 1.807) is 0 Å². The number of anilines is 2. The van der Waals surface area contributed by atoms with Gasteiger partial charge in [0.05, 0.1) is 16.8 Å². The van der Waals surface area contributed by atoms with Crippen LogP contribution in [0.1, 0.15) is 15.9 Å². The molecule has 2 N–H and O–H groups in total. The molecular formula is C19H12F4N2O2. The van der Waals surface area contributed by atoms with Crippen molar-refractivity contribution in [3.63, 3.8) is 0 Å². The highest BCUT2D eigenvalue weighted by molar-refractivity contribution is 5.92. The van der Waals surface area contributed by atoms with Gasteiger partial charge in [0.15, 0.2) is 0 Å². The molecule has 1 heterocycles. The highest BCUT2D eigenvalue weighted by atomic mass is 19.4. The molecule has 8 heteroatoms. The summed E-state index contributed by atoms with van der Waals surface area (Å²) in [5.74, 6) is -1.73. The number of hydrogen-bond donors (Lipinski definition) is 2. The van der Waals surface area contributed by atoms with Gasteiger partial charge in [-0.05, 0) is 48.5 Å². The summed E-state index contributed by atoms with van der Waals surface area (Å²) in [7, 11) is 0. The van der Waals surface area contributed by atoms with E-state index in [0.717, 1.165) is 24.3 Å². The van der Waals surface area contributed by atoms with Crippen LogP contribution in [-0.4, -0.2) is 16.1 Å². The number of hydrogen-bond acceptors (Lipinski definition) is 3. The molecular weight excluding hydrogens is 364 g/mol. The second-order valence-electron chi connectivity index (χ2n) is 5.62. The Labute approximate surface area is 151 Å².